The second kappa shape index (κ2) is 9.58. The monoisotopic (exact) mass is 467 g/mol. The fraction of sp³-hybridized carbons (Fsp3) is 0.259. The summed E-state index contributed by atoms with van der Waals surface area (Å²) in [4.78, 5) is 18.3. The predicted octanol–water partition coefficient (Wildman–Crippen LogP) is 4.14. The van der Waals surface area contributed by atoms with Gasteiger partial charge in [0.05, 0.1) is 17.3 Å². The normalized spacial score (nSPS) is 13.9. The first kappa shape index (κ1) is 22.6. The van der Waals surface area contributed by atoms with Crippen molar-refractivity contribution in [2.45, 2.75) is 20.0 Å². The molecule has 3 heterocycles. The van der Waals surface area contributed by atoms with E-state index in [0.29, 0.717) is 22.7 Å². The van der Waals surface area contributed by atoms with Crippen LogP contribution in [-0.4, -0.2) is 52.9 Å². The van der Waals surface area contributed by atoms with Crippen LogP contribution in [0, 0.1) is 5.41 Å². The van der Waals surface area contributed by atoms with Gasteiger partial charge in [0.2, 0.25) is 5.95 Å². The van der Waals surface area contributed by atoms with Crippen molar-refractivity contribution in [2.75, 3.05) is 41.7 Å². The summed E-state index contributed by atoms with van der Waals surface area (Å²) in [5.41, 5.74) is 9.48. The molecule has 0 spiro atoms. The number of rotatable bonds is 6. The van der Waals surface area contributed by atoms with Crippen LogP contribution in [0.5, 0.6) is 5.75 Å². The molecule has 1 fully saturated rings. The van der Waals surface area contributed by atoms with Crippen molar-refractivity contribution >= 4 is 34.1 Å². The largest absolute Gasteiger partial charge is 0.491 e. The van der Waals surface area contributed by atoms with E-state index in [1.165, 1.54) is 0 Å². The van der Waals surface area contributed by atoms with Crippen LogP contribution in [0.1, 0.15) is 25.0 Å². The molecule has 0 aliphatic carbocycles. The third-order valence-electron chi connectivity index (χ3n) is 6.06. The summed E-state index contributed by atoms with van der Waals surface area (Å²) in [5.74, 6) is 2.31. The fourth-order valence-corrected chi connectivity index (χ4v) is 4.25. The summed E-state index contributed by atoms with van der Waals surface area (Å²) in [5, 5.41) is 9.85. The Morgan fingerprint density at radius 1 is 0.971 bits per heavy atom. The van der Waals surface area contributed by atoms with E-state index in [-0.39, 0.29) is 6.10 Å². The summed E-state index contributed by atoms with van der Waals surface area (Å²) in [6.07, 6.45) is 3.68. The minimum atomic E-state index is 0.0480. The maximum atomic E-state index is 8.81. The number of anilines is 3. The minimum Gasteiger partial charge on any atom is -0.491 e. The van der Waals surface area contributed by atoms with E-state index < -0.39 is 0 Å². The van der Waals surface area contributed by atoms with E-state index in [1.807, 2.05) is 68.6 Å². The average molecular weight is 468 g/mol. The average Bonchev–Trinajstić information content (AvgIpc) is 2.89. The predicted molar refractivity (Wildman–Crippen MR) is 141 cm³/mol. The van der Waals surface area contributed by atoms with Crippen molar-refractivity contribution < 1.29 is 4.74 Å². The van der Waals surface area contributed by atoms with Crippen LogP contribution in [0.3, 0.4) is 0 Å². The Hall–Kier alpha value is -4.20. The highest BCUT2D eigenvalue weighted by Gasteiger charge is 2.21. The maximum absolute atomic E-state index is 8.81. The lowest BCUT2D eigenvalue weighted by Crippen LogP contribution is -2.47. The number of nitrogens with two attached hydrogens (primary N) is 1. The number of aromatic nitrogens is 3. The molecule has 3 N–H and O–H groups in total. The second-order valence-corrected chi connectivity index (χ2v) is 8.90. The lowest BCUT2D eigenvalue weighted by molar-refractivity contribution is 0.242. The lowest BCUT2D eigenvalue weighted by atomic mass is 10.0. The quantitative estimate of drug-likeness (QED) is 0.324. The smallest absolute Gasteiger partial charge is 0.225 e. The zero-order chi connectivity index (χ0) is 24.4. The molecule has 0 radical (unpaired) electrons. The molecule has 1 aliphatic rings. The van der Waals surface area contributed by atoms with Gasteiger partial charge in [0.25, 0.3) is 0 Å². The number of benzene rings is 2. The molecule has 35 heavy (non-hydrogen) atoms. The first-order valence-corrected chi connectivity index (χ1v) is 11.8. The number of fused-ring (bicyclic) bond motifs is 1. The Morgan fingerprint density at radius 3 is 2.54 bits per heavy atom. The van der Waals surface area contributed by atoms with Crippen LogP contribution in [0.25, 0.3) is 10.9 Å². The van der Waals surface area contributed by atoms with Gasteiger partial charge in [-0.15, -0.1) is 0 Å². The van der Waals surface area contributed by atoms with Gasteiger partial charge >= 0.3 is 0 Å². The Bertz CT molecular complexity index is 1360. The Morgan fingerprint density at radius 2 is 1.74 bits per heavy atom. The highest BCUT2D eigenvalue weighted by molar-refractivity contribution is 6.14. The van der Waals surface area contributed by atoms with Crippen molar-refractivity contribution in [3.8, 4) is 5.75 Å². The molecule has 2 aromatic carbocycles. The van der Waals surface area contributed by atoms with Crippen molar-refractivity contribution in [2.24, 2.45) is 0 Å². The molecular weight excluding hydrogens is 438 g/mol. The topological polar surface area (TPSA) is 104 Å². The van der Waals surface area contributed by atoms with Crippen LogP contribution >= 0.6 is 0 Å². The van der Waals surface area contributed by atoms with Gasteiger partial charge in [0.1, 0.15) is 11.6 Å². The first-order valence-electron chi connectivity index (χ1n) is 11.8. The molecule has 8 nitrogen and oxygen atoms in total. The van der Waals surface area contributed by atoms with Gasteiger partial charge in [-0.3, -0.25) is 5.41 Å². The van der Waals surface area contributed by atoms with Crippen LogP contribution in [0.4, 0.5) is 17.5 Å². The molecule has 0 bridgehead atoms. The molecule has 4 aromatic rings. The molecule has 0 unspecified atom stereocenters. The van der Waals surface area contributed by atoms with E-state index in [2.05, 4.69) is 19.8 Å². The van der Waals surface area contributed by atoms with E-state index in [0.717, 1.165) is 54.4 Å². The van der Waals surface area contributed by atoms with E-state index in [1.54, 1.807) is 12.3 Å². The van der Waals surface area contributed by atoms with Crippen molar-refractivity contribution in [3.63, 3.8) is 0 Å². The molecule has 1 aliphatic heterocycles. The number of pyridine rings is 1. The molecule has 1 saturated heterocycles. The number of nitrogens with one attached hydrogen (secondary N) is 1. The second-order valence-electron chi connectivity index (χ2n) is 8.90. The van der Waals surface area contributed by atoms with Gasteiger partial charge < -0.3 is 20.3 Å². The van der Waals surface area contributed by atoms with Crippen LogP contribution in [0.15, 0.2) is 67.0 Å². The molecule has 8 heteroatoms. The lowest BCUT2D eigenvalue weighted by Gasteiger charge is -2.35. The van der Waals surface area contributed by atoms with Crippen LogP contribution in [0.2, 0.25) is 0 Å². The summed E-state index contributed by atoms with van der Waals surface area (Å²) in [6, 6.07) is 17.3. The number of ether oxygens (including phenoxy) is 1. The number of para-hydroxylation sites is 1. The number of nitrogen functional groups attached to an aromatic ring is 1. The van der Waals surface area contributed by atoms with Crippen molar-refractivity contribution in [1.82, 2.24) is 15.0 Å². The van der Waals surface area contributed by atoms with E-state index in [9.17, 15) is 0 Å². The van der Waals surface area contributed by atoms with Crippen molar-refractivity contribution in [3.05, 3.63) is 78.1 Å². The first-order chi connectivity index (χ1) is 17.0. The van der Waals surface area contributed by atoms with E-state index in [4.69, 9.17) is 20.9 Å². The van der Waals surface area contributed by atoms with Gasteiger partial charge in [-0.1, -0.05) is 18.2 Å². The van der Waals surface area contributed by atoms with Gasteiger partial charge in [-0.05, 0) is 50.2 Å². The Kier molecular flexibility index (Phi) is 6.18. The SMILES string of the molecule is CC(C)Oc1ccc(N)c(C(=N)c2ccnc(N3CCN(c4ncc5ccccc5n4)CC3)c2)c1. The summed E-state index contributed by atoms with van der Waals surface area (Å²) in [7, 11) is 0. The molecular formula is C27H29N7O. The molecule has 2 aromatic heterocycles. The summed E-state index contributed by atoms with van der Waals surface area (Å²) >= 11 is 0. The minimum absolute atomic E-state index is 0.0480. The third kappa shape index (κ3) is 4.87. The Balaban J connectivity index is 1.30. The van der Waals surface area contributed by atoms with Gasteiger partial charge in [0.15, 0.2) is 0 Å². The number of hydrogen-bond donors (Lipinski definition) is 2. The van der Waals surface area contributed by atoms with Gasteiger partial charge in [0, 0.05) is 60.8 Å². The Labute approximate surface area is 204 Å². The number of piperazine rings is 1. The standard InChI is InChI=1S/C27H29N7O/c1-18(2)35-21-7-8-23(28)22(16-21)26(29)19-9-10-30-25(15-19)33-11-13-34(14-12-33)27-31-17-20-5-3-4-6-24(20)32-27/h3-10,15-18,29H,11-14,28H2,1-2H3. The summed E-state index contributed by atoms with van der Waals surface area (Å²) in [6.45, 7) is 7.12. The van der Waals surface area contributed by atoms with E-state index >= 15 is 0 Å². The van der Waals surface area contributed by atoms with Crippen LogP contribution < -0.4 is 20.3 Å². The molecule has 178 valence electrons. The fourth-order valence-electron chi connectivity index (χ4n) is 4.25. The third-order valence-corrected chi connectivity index (χ3v) is 6.06. The highest BCUT2D eigenvalue weighted by Crippen LogP contribution is 2.25. The zero-order valence-electron chi connectivity index (χ0n) is 20.0. The molecule has 5 rings (SSSR count). The highest BCUT2D eigenvalue weighted by atomic mass is 16.5. The number of nitrogens with zero attached hydrogens (tertiary/aromatic N) is 5. The molecule has 0 atom stereocenters. The maximum Gasteiger partial charge on any atom is 0.225 e. The van der Waals surface area contributed by atoms with Crippen molar-refractivity contribution in [1.29, 1.82) is 5.41 Å². The van der Waals surface area contributed by atoms with Gasteiger partial charge in [-0.25, -0.2) is 15.0 Å². The molecule has 0 saturated carbocycles. The van der Waals surface area contributed by atoms with Crippen LogP contribution in [-0.2, 0) is 0 Å². The number of hydrogen-bond acceptors (Lipinski definition) is 8. The zero-order valence-corrected chi connectivity index (χ0v) is 20.0. The summed E-state index contributed by atoms with van der Waals surface area (Å²) < 4.78 is 5.80. The van der Waals surface area contributed by atoms with Gasteiger partial charge in [-0.2, -0.15) is 0 Å². The molecule has 0 amide bonds.